The lowest BCUT2D eigenvalue weighted by molar-refractivity contribution is -0.141. The van der Waals surface area contributed by atoms with Crippen molar-refractivity contribution >= 4 is 40.6 Å². The first-order valence-corrected chi connectivity index (χ1v) is 11.6. The third kappa shape index (κ3) is 8.40. The number of phenols is 1. The van der Waals surface area contributed by atoms with E-state index in [1.807, 2.05) is 36.4 Å². The molecule has 34 heavy (non-hydrogen) atoms. The second kappa shape index (κ2) is 11.4. The molecule has 1 atom stereocenters. The van der Waals surface area contributed by atoms with Crippen LogP contribution in [-0.2, 0) is 20.7 Å². The van der Waals surface area contributed by atoms with Crippen molar-refractivity contribution in [2.75, 3.05) is 6.54 Å². The summed E-state index contributed by atoms with van der Waals surface area (Å²) < 4.78 is 11.7. The lowest BCUT2D eigenvalue weighted by Gasteiger charge is -2.20. The van der Waals surface area contributed by atoms with Gasteiger partial charge in [0.05, 0.1) is 3.57 Å². The van der Waals surface area contributed by atoms with E-state index in [1.165, 1.54) is 0 Å². The number of nitrogens with one attached hydrogen (secondary N) is 2. The maximum absolute atomic E-state index is 12.2. The molecule has 0 aliphatic carbocycles. The number of phenolic OH excluding ortho intramolecular Hbond substituents is 1. The Hall–Kier alpha value is -3.02. The minimum atomic E-state index is -1.19. The van der Waals surface area contributed by atoms with Gasteiger partial charge in [-0.05, 0) is 92.1 Å². The number of amides is 2. The summed E-state index contributed by atoms with van der Waals surface area (Å²) in [6.07, 6.45) is -0.716. The quantitative estimate of drug-likeness (QED) is 0.344. The van der Waals surface area contributed by atoms with Gasteiger partial charge >= 0.3 is 12.1 Å². The maximum Gasteiger partial charge on any atom is 0.408 e. The monoisotopic (exact) mass is 584 g/mol. The van der Waals surface area contributed by atoms with Crippen LogP contribution in [0.25, 0.3) is 0 Å². The Bertz CT molecular complexity index is 1060. The second-order valence-corrected chi connectivity index (χ2v) is 9.95. The standard InChI is InChI=1S/C24H29IN2O7/c1-13-8-15(9-14(2)21(13)33-16-6-7-19(28)17(25)11-16)10-18(22(30)31)27-20(29)12-26-23(32)34-24(3,4)5/h6-9,11,18,28H,10,12H2,1-5H3,(H,26,32)(H,27,29)(H,30,31)/t18-/m0/s1. The van der Waals surface area contributed by atoms with Gasteiger partial charge in [0.15, 0.2) is 0 Å². The van der Waals surface area contributed by atoms with Crippen molar-refractivity contribution in [3.05, 3.63) is 50.6 Å². The van der Waals surface area contributed by atoms with Crippen LogP contribution in [0.2, 0.25) is 0 Å². The molecule has 2 rings (SSSR count). The Morgan fingerprint density at radius 2 is 1.71 bits per heavy atom. The fourth-order valence-electron chi connectivity index (χ4n) is 3.14. The molecule has 0 saturated heterocycles. The molecule has 9 nitrogen and oxygen atoms in total. The first-order valence-electron chi connectivity index (χ1n) is 10.5. The highest BCUT2D eigenvalue weighted by atomic mass is 127. The smallest absolute Gasteiger partial charge is 0.408 e. The SMILES string of the molecule is Cc1cc(C[C@H](NC(=O)CNC(=O)OC(C)(C)C)C(=O)O)cc(C)c1Oc1ccc(O)c(I)c1. The number of hydrogen-bond donors (Lipinski definition) is 4. The van der Waals surface area contributed by atoms with E-state index >= 15 is 0 Å². The molecule has 0 fully saturated rings. The van der Waals surface area contributed by atoms with Crippen LogP contribution in [0, 0.1) is 17.4 Å². The largest absolute Gasteiger partial charge is 0.507 e. The van der Waals surface area contributed by atoms with Gasteiger partial charge in [-0.25, -0.2) is 9.59 Å². The molecule has 0 aliphatic heterocycles. The van der Waals surface area contributed by atoms with Crippen LogP contribution >= 0.6 is 22.6 Å². The van der Waals surface area contributed by atoms with Crippen LogP contribution in [0.5, 0.6) is 17.2 Å². The van der Waals surface area contributed by atoms with Gasteiger partial charge in [-0.3, -0.25) is 4.79 Å². The van der Waals surface area contributed by atoms with Crippen molar-refractivity contribution in [1.82, 2.24) is 10.6 Å². The van der Waals surface area contributed by atoms with E-state index in [-0.39, 0.29) is 12.2 Å². The van der Waals surface area contributed by atoms with Gasteiger partial charge in [0.25, 0.3) is 0 Å². The van der Waals surface area contributed by atoms with E-state index in [1.54, 1.807) is 51.1 Å². The van der Waals surface area contributed by atoms with Crippen LogP contribution in [-0.4, -0.2) is 46.4 Å². The van der Waals surface area contributed by atoms with Crippen LogP contribution in [0.4, 0.5) is 4.79 Å². The van der Waals surface area contributed by atoms with Gasteiger partial charge in [0.1, 0.15) is 35.4 Å². The minimum Gasteiger partial charge on any atom is -0.507 e. The number of carboxylic acids is 1. The Labute approximate surface area is 212 Å². The van der Waals surface area contributed by atoms with E-state index in [9.17, 15) is 24.6 Å². The molecule has 0 spiro atoms. The molecule has 0 unspecified atom stereocenters. The van der Waals surface area contributed by atoms with Crippen LogP contribution in [0.1, 0.15) is 37.5 Å². The Morgan fingerprint density at radius 1 is 1.09 bits per heavy atom. The van der Waals surface area contributed by atoms with E-state index in [4.69, 9.17) is 9.47 Å². The Kier molecular flexibility index (Phi) is 9.14. The molecule has 2 amide bonds. The number of benzene rings is 2. The van der Waals surface area contributed by atoms with E-state index < -0.39 is 36.2 Å². The number of alkyl carbamates (subject to hydrolysis) is 1. The summed E-state index contributed by atoms with van der Waals surface area (Å²) in [5, 5.41) is 24.0. The maximum atomic E-state index is 12.2. The summed E-state index contributed by atoms with van der Waals surface area (Å²) in [7, 11) is 0. The van der Waals surface area contributed by atoms with Gasteiger partial charge in [0, 0.05) is 6.42 Å². The zero-order valence-corrected chi connectivity index (χ0v) is 21.8. The number of hydrogen-bond acceptors (Lipinski definition) is 6. The van der Waals surface area contributed by atoms with Crippen molar-refractivity contribution in [3.63, 3.8) is 0 Å². The lowest BCUT2D eigenvalue weighted by atomic mass is 10.00. The number of aryl methyl sites for hydroxylation is 2. The van der Waals surface area contributed by atoms with Crippen molar-refractivity contribution in [1.29, 1.82) is 0 Å². The van der Waals surface area contributed by atoms with Crippen molar-refractivity contribution in [2.24, 2.45) is 0 Å². The number of aliphatic carboxylic acids is 1. The lowest BCUT2D eigenvalue weighted by Crippen LogP contribution is -2.47. The fourth-order valence-corrected chi connectivity index (χ4v) is 3.62. The predicted octanol–water partition coefficient (Wildman–Crippen LogP) is 4.04. The van der Waals surface area contributed by atoms with Gasteiger partial charge in [0.2, 0.25) is 5.91 Å². The molecule has 10 heteroatoms. The molecule has 0 radical (unpaired) electrons. The zero-order valence-electron chi connectivity index (χ0n) is 19.7. The fraction of sp³-hybridized carbons (Fsp3) is 0.375. The van der Waals surface area contributed by atoms with Crippen LogP contribution in [0.15, 0.2) is 30.3 Å². The first kappa shape index (κ1) is 27.2. The van der Waals surface area contributed by atoms with Crippen molar-refractivity contribution in [3.8, 4) is 17.2 Å². The number of carbonyl (C=O) groups excluding carboxylic acids is 2. The topological polar surface area (TPSA) is 134 Å². The number of carboxylic acid groups (broad SMARTS) is 1. The molecule has 0 aromatic heterocycles. The van der Waals surface area contributed by atoms with E-state index in [2.05, 4.69) is 10.6 Å². The van der Waals surface area contributed by atoms with Crippen LogP contribution < -0.4 is 15.4 Å². The first-order chi connectivity index (χ1) is 15.7. The average molecular weight is 584 g/mol. The number of aromatic hydroxyl groups is 1. The van der Waals surface area contributed by atoms with E-state index in [0.29, 0.717) is 20.6 Å². The van der Waals surface area contributed by atoms with E-state index in [0.717, 1.165) is 11.1 Å². The van der Waals surface area contributed by atoms with Gasteiger partial charge in [-0.15, -0.1) is 0 Å². The zero-order chi connectivity index (χ0) is 25.6. The third-order valence-electron chi connectivity index (χ3n) is 4.52. The summed E-state index contributed by atoms with van der Waals surface area (Å²) in [4.78, 5) is 35.6. The summed E-state index contributed by atoms with van der Waals surface area (Å²) in [5.41, 5.74) is 1.58. The molecule has 2 aromatic carbocycles. The molecule has 184 valence electrons. The highest BCUT2D eigenvalue weighted by molar-refractivity contribution is 14.1. The predicted molar refractivity (Wildman–Crippen MR) is 134 cm³/mol. The Balaban J connectivity index is 2.06. The van der Waals surface area contributed by atoms with Crippen molar-refractivity contribution in [2.45, 2.75) is 52.7 Å². The molecular formula is C24H29IN2O7. The second-order valence-electron chi connectivity index (χ2n) is 8.79. The highest BCUT2D eigenvalue weighted by Crippen LogP contribution is 2.32. The van der Waals surface area contributed by atoms with Gasteiger partial charge in [-0.2, -0.15) is 0 Å². The molecule has 2 aromatic rings. The molecule has 0 saturated carbocycles. The summed E-state index contributed by atoms with van der Waals surface area (Å²) in [5.74, 6) is -0.481. The minimum absolute atomic E-state index is 0.0482. The number of ether oxygens (including phenoxy) is 2. The number of carbonyl (C=O) groups is 3. The Morgan fingerprint density at radius 3 is 2.24 bits per heavy atom. The number of halogens is 1. The summed E-state index contributed by atoms with van der Waals surface area (Å²) >= 11 is 2.01. The molecule has 0 heterocycles. The average Bonchev–Trinajstić information content (AvgIpc) is 2.70. The van der Waals surface area contributed by atoms with Gasteiger partial charge in [-0.1, -0.05) is 12.1 Å². The molecule has 0 bridgehead atoms. The molecular weight excluding hydrogens is 555 g/mol. The third-order valence-corrected chi connectivity index (χ3v) is 5.39. The molecule has 4 N–H and O–H groups in total. The highest BCUT2D eigenvalue weighted by Gasteiger charge is 2.23. The summed E-state index contributed by atoms with van der Waals surface area (Å²) in [6, 6.07) is 7.34. The normalized spacial score (nSPS) is 11.9. The molecule has 0 aliphatic rings. The van der Waals surface area contributed by atoms with Crippen LogP contribution in [0.3, 0.4) is 0 Å². The number of rotatable bonds is 8. The van der Waals surface area contributed by atoms with Crippen molar-refractivity contribution < 1.29 is 34.1 Å². The van der Waals surface area contributed by atoms with Gasteiger partial charge < -0.3 is 30.3 Å². The summed E-state index contributed by atoms with van der Waals surface area (Å²) in [6.45, 7) is 8.36.